The van der Waals surface area contributed by atoms with Crippen molar-refractivity contribution in [3.63, 3.8) is 0 Å². The number of rotatable bonds is 6. The van der Waals surface area contributed by atoms with Crippen LogP contribution in [-0.2, 0) is 11.3 Å². The van der Waals surface area contributed by atoms with Crippen LogP contribution in [0.2, 0.25) is 0 Å². The van der Waals surface area contributed by atoms with Gasteiger partial charge >= 0.3 is 0 Å². The van der Waals surface area contributed by atoms with E-state index in [4.69, 9.17) is 16.6 Å². The van der Waals surface area contributed by atoms with Crippen molar-refractivity contribution in [2.24, 2.45) is 0 Å². The highest BCUT2D eigenvalue weighted by molar-refractivity contribution is 7.80. The molecular formula is C20H17N3O3S2. The minimum absolute atomic E-state index is 0.104. The van der Waals surface area contributed by atoms with Crippen molar-refractivity contribution in [3.05, 3.63) is 82.5 Å². The molecule has 0 aliphatic heterocycles. The Hall–Kier alpha value is -3.23. The smallest absolute Gasteiger partial charge is 0.253 e. The summed E-state index contributed by atoms with van der Waals surface area (Å²) < 4.78 is 5.20. The van der Waals surface area contributed by atoms with Gasteiger partial charge in [-0.3, -0.25) is 14.9 Å². The maximum atomic E-state index is 12.5. The molecule has 0 aliphatic carbocycles. The number of nitrogens with one attached hydrogen (secondary N) is 3. The average molecular weight is 412 g/mol. The molecule has 2 amide bonds. The number of hydrogen-bond donors (Lipinski definition) is 3. The molecule has 0 bridgehead atoms. The van der Waals surface area contributed by atoms with E-state index in [0.717, 1.165) is 4.88 Å². The zero-order valence-electron chi connectivity index (χ0n) is 14.7. The molecule has 0 unspecified atom stereocenters. The van der Waals surface area contributed by atoms with Crippen LogP contribution in [0, 0.1) is 0 Å². The molecule has 2 aromatic heterocycles. The average Bonchev–Trinajstić information content (AvgIpc) is 3.38. The summed E-state index contributed by atoms with van der Waals surface area (Å²) in [4.78, 5) is 25.4. The van der Waals surface area contributed by atoms with Gasteiger partial charge in [-0.15, -0.1) is 11.3 Å². The van der Waals surface area contributed by atoms with Gasteiger partial charge in [0.2, 0.25) is 5.91 Å². The Kier molecular flexibility index (Phi) is 6.72. The minimum atomic E-state index is -0.356. The summed E-state index contributed by atoms with van der Waals surface area (Å²) in [5, 5.41) is 10.3. The number of carbonyl (C=O) groups is 2. The van der Waals surface area contributed by atoms with Crippen molar-refractivity contribution < 1.29 is 14.0 Å². The minimum Gasteiger partial charge on any atom is -0.467 e. The van der Waals surface area contributed by atoms with Crippen molar-refractivity contribution >= 4 is 52.2 Å². The van der Waals surface area contributed by atoms with Gasteiger partial charge in [-0.2, -0.15) is 0 Å². The third-order valence-electron chi connectivity index (χ3n) is 3.60. The summed E-state index contributed by atoms with van der Waals surface area (Å²) in [6.45, 7) is 0.273. The summed E-state index contributed by atoms with van der Waals surface area (Å²) in [6.07, 6.45) is 4.66. The largest absolute Gasteiger partial charge is 0.467 e. The Morgan fingerprint density at radius 2 is 1.96 bits per heavy atom. The summed E-state index contributed by atoms with van der Waals surface area (Å²) >= 11 is 6.71. The van der Waals surface area contributed by atoms with Gasteiger partial charge in [0.1, 0.15) is 5.76 Å². The number of benzene rings is 1. The molecule has 2 heterocycles. The Morgan fingerprint density at radius 1 is 1.11 bits per heavy atom. The van der Waals surface area contributed by atoms with Crippen LogP contribution < -0.4 is 16.0 Å². The number of thiocarbonyl (C=S) groups is 1. The molecule has 0 saturated heterocycles. The second kappa shape index (κ2) is 9.63. The SMILES string of the molecule is O=C(C=Cc1cccs1)NC(=S)Nc1ccccc1C(=O)NCc1ccco1. The predicted octanol–water partition coefficient (Wildman–Crippen LogP) is 3.80. The highest BCUT2D eigenvalue weighted by atomic mass is 32.1. The Morgan fingerprint density at radius 3 is 2.71 bits per heavy atom. The van der Waals surface area contributed by atoms with E-state index in [9.17, 15) is 9.59 Å². The molecule has 1 aromatic carbocycles. The maximum absolute atomic E-state index is 12.5. The lowest BCUT2D eigenvalue weighted by atomic mass is 10.1. The molecule has 0 saturated carbocycles. The quantitative estimate of drug-likeness (QED) is 0.425. The molecule has 142 valence electrons. The molecule has 0 atom stereocenters. The van der Waals surface area contributed by atoms with Crippen molar-refractivity contribution in [2.75, 3.05) is 5.32 Å². The van der Waals surface area contributed by atoms with Gasteiger partial charge in [-0.1, -0.05) is 18.2 Å². The lowest BCUT2D eigenvalue weighted by Gasteiger charge is -2.12. The normalized spacial score (nSPS) is 10.6. The van der Waals surface area contributed by atoms with E-state index < -0.39 is 0 Å². The fourth-order valence-electron chi connectivity index (χ4n) is 2.32. The van der Waals surface area contributed by atoms with Gasteiger partial charge in [-0.05, 0) is 54.0 Å². The Labute approximate surface area is 171 Å². The van der Waals surface area contributed by atoms with Gasteiger partial charge in [0, 0.05) is 11.0 Å². The standard InChI is InChI=1S/C20H17N3O3S2/c24-18(10-9-15-6-4-12-28-15)23-20(27)22-17-8-2-1-7-16(17)19(25)21-13-14-5-3-11-26-14/h1-12H,13H2,(H,21,25)(H2,22,23,24,27). The summed E-state index contributed by atoms with van der Waals surface area (Å²) in [5.41, 5.74) is 0.895. The van der Waals surface area contributed by atoms with Gasteiger partial charge in [-0.25, -0.2) is 0 Å². The second-order valence-electron chi connectivity index (χ2n) is 5.60. The lowest BCUT2D eigenvalue weighted by Crippen LogP contribution is -2.33. The van der Waals surface area contributed by atoms with E-state index in [2.05, 4.69) is 16.0 Å². The molecule has 3 N–H and O–H groups in total. The van der Waals surface area contributed by atoms with Crippen LogP contribution in [0.5, 0.6) is 0 Å². The van der Waals surface area contributed by atoms with Gasteiger partial charge < -0.3 is 15.1 Å². The second-order valence-corrected chi connectivity index (χ2v) is 6.99. The van der Waals surface area contributed by atoms with Crippen molar-refractivity contribution in [1.82, 2.24) is 10.6 Å². The molecule has 3 aromatic rings. The molecule has 28 heavy (non-hydrogen) atoms. The van der Waals surface area contributed by atoms with Crippen LogP contribution in [0.25, 0.3) is 6.08 Å². The molecule has 0 fully saturated rings. The first-order valence-corrected chi connectivity index (χ1v) is 9.64. The highest BCUT2D eigenvalue weighted by Gasteiger charge is 2.12. The highest BCUT2D eigenvalue weighted by Crippen LogP contribution is 2.15. The summed E-state index contributed by atoms with van der Waals surface area (Å²) in [5.74, 6) is 0.0102. The summed E-state index contributed by atoms with van der Waals surface area (Å²) in [7, 11) is 0. The van der Waals surface area contributed by atoms with Crippen LogP contribution >= 0.6 is 23.6 Å². The van der Waals surface area contributed by atoms with Crippen LogP contribution in [-0.4, -0.2) is 16.9 Å². The predicted molar refractivity (Wildman–Crippen MR) is 114 cm³/mol. The van der Waals surface area contributed by atoms with Crippen LogP contribution in [0.4, 0.5) is 5.69 Å². The number of carbonyl (C=O) groups excluding carboxylic acids is 2. The van der Waals surface area contributed by atoms with Crippen molar-refractivity contribution in [3.8, 4) is 0 Å². The van der Waals surface area contributed by atoms with Crippen molar-refractivity contribution in [1.29, 1.82) is 0 Å². The first-order chi connectivity index (χ1) is 13.6. The Bertz CT molecular complexity index is 980. The lowest BCUT2D eigenvalue weighted by molar-refractivity contribution is -0.115. The van der Waals surface area contributed by atoms with Crippen LogP contribution in [0.1, 0.15) is 21.0 Å². The zero-order valence-corrected chi connectivity index (χ0v) is 16.3. The number of amides is 2. The number of anilines is 1. The number of para-hydroxylation sites is 1. The molecule has 3 rings (SSSR count). The van der Waals surface area contributed by atoms with Crippen LogP contribution in [0.15, 0.2) is 70.7 Å². The molecule has 0 spiro atoms. The fraction of sp³-hybridized carbons (Fsp3) is 0.0500. The molecule has 8 heteroatoms. The van der Waals surface area contributed by atoms with Gasteiger partial charge in [0.05, 0.1) is 24.1 Å². The maximum Gasteiger partial charge on any atom is 0.253 e. The van der Waals surface area contributed by atoms with Crippen molar-refractivity contribution in [2.45, 2.75) is 6.54 Å². The number of hydrogen-bond acceptors (Lipinski definition) is 5. The first kappa shape index (κ1) is 19.5. The number of thiophene rings is 1. The van der Waals surface area contributed by atoms with E-state index >= 15 is 0 Å². The molecule has 6 nitrogen and oxygen atoms in total. The first-order valence-electron chi connectivity index (χ1n) is 8.35. The number of furan rings is 1. The van der Waals surface area contributed by atoms with Gasteiger partial charge in [0.25, 0.3) is 5.91 Å². The molecule has 0 aliphatic rings. The third-order valence-corrected chi connectivity index (χ3v) is 4.64. The third kappa shape index (κ3) is 5.63. The monoisotopic (exact) mass is 411 g/mol. The Balaban J connectivity index is 1.58. The van der Waals surface area contributed by atoms with E-state index in [1.165, 1.54) is 17.4 Å². The van der Waals surface area contributed by atoms with E-state index in [1.54, 1.807) is 48.7 Å². The van der Waals surface area contributed by atoms with Gasteiger partial charge in [0.15, 0.2) is 5.11 Å². The van der Waals surface area contributed by atoms with Crippen LogP contribution in [0.3, 0.4) is 0 Å². The molecular weight excluding hydrogens is 394 g/mol. The van der Waals surface area contributed by atoms with E-state index in [0.29, 0.717) is 17.0 Å². The topological polar surface area (TPSA) is 83.4 Å². The van der Waals surface area contributed by atoms with E-state index in [-0.39, 0.29) is 23.5 Å². The van der Waals surface area contributed by atoms with E-state index in [1.807, 2.05) is 17.5 Å². The fourth-order valence-corrected chi connectivity index (χ4v) is 3.15. The summed E-state index contributed by atoms with van der Waals surface area (Å²) in [6, 6.07) is 14.2. The molecule has 0 radical (unpaired) electrons. The zero-order chi connectivity index (χ0) is 19.8.